The molecule has 3 N–H and O–H groups in total. The maximum absolute atomic E-state index is 13.5. The summed E-state index contributed by atoms with van der Waals surface area (Å²) in [6, 6.07) is -0.193. The number of hydrogen-bond donors (Lipinski definition) is 3. The Morgan fingerprint density at radius 2 is 1.55 bits per heavy atom. The molecule has 0 bridgehead atoms. The lowest BCUT2D eigenvalue weighted by molar-refractivity contribution is -0.304. The molecule has 3 rings (SSSR count). The maximum Gasteiger partial charge on any atom is 0.308 e. The molecule has 0 aromatic heterocycles. The summed E-state index contributed by atoms with van der Waals surface area (Å²) in [6.45, 7) is 13.1. The minimum atomic E-state index is -1.15. The molecule has 51 heavy (non-hydrogen) atoms. The number of nitrogens with zero attached hydrogens (tertiary/aromatic N) is 1. The van der Waals surface area contributed by atoms with Gasteiger partial charge in [-0.25, -0.2) is 0 Å². The van der Waals surface area contributed by atoms with Crippen LogP contribution in [0.4, 0.5) is 0 Å². The molecule has 0 spiro atoms. The van der Waals surface area contributed by atoms with Crippen LogP contribution in [0.5, 0.6) is 0 Å². The highest BCUT2D eigenvalue weighted by atomic mass is 16.7. The van der Waals surface area contributed by atoms with Gasteiger partial charge in [-0.05, 0) is 66.1 Å². The number of carbonyl (C=O) groups excluding carboxylic acids is 2. The van der Waals surface area contributed by atoms with Gasteiger partial charge in [-0.1, -0.05) is 45.4 Å². The summed E-state index contributed by atoms with van der Waals surface area (Å²) < 4.78 is 41.9. The third-order valence-electron chi connectivity index (χ3n) is 10.7. The SMILES string of the molecule is CCC1OC(=O)CC(O)C(C)C(OC2OC(C)CC(N(C)C)C2O)C(C)CC(C)C(=O)/C=C/C(C)=C\C1COC1OC(C)C(O)C(OC)C1OC. The van der Waals surface area contributed by atoms with Crippen molar-refractivity contribution in [1.82, 2.24) is 4.90 Å². The molecule has 0 aromatic carbocycles. The highest BCUT2D eigenvalue weighted by Crippen LogP contribution is 2.33. The number of likely N-dealkylation sites (N-methyl/N-ethyl adjacent to an activating group) is 1. The first-order valence-electron chi connectivity index (χ1n) is 18.5. The Labute approximate surface area is 304 Å². The van der Waals surface area contributed by atoms with Gasteiger partial charge < -0.3 is 53.4 Å². The number of rotatable bonds is 9. The lowest BCUT2D eigenvalue weighted by Crippen LogP contribution is -2.59. The van der Waals surface area contributed by atoms with Crippen LogP contribution in [-0.2, 0) is 42.7 Å². The van der Waals surface area contributed by atoms with E-state index in [9.17, 15) is 24.9 Å². The Morgan fingerprint density at radius 3 is 2.16 bits per heavy atom. The number of esters is 1. The van der Waals surface area contributed by atoms with Crippen molar-refractivity contribution >= 4 is 11.8 Å². The standard InChI is InChI=1S/C38H65NO12/c1-12-30-26(19-47-38-36(46-11)35(45-10)32(43)25(7)49-38)15-20(2)13-14-28(40)21(3)16-22(4)34(24(6)29(41)18-31(42)50-30)51-37-33(44)27(39(8)9)17-23(5)48-37/h13-15,21-27,29-30,32-38,41,43-44H,12,16-19H2,1-11H3/b14-13+,20-15-. The van der Waals surface area contributed by atoms with Crippen molar-refractivity contribution in [2.24, 2.45) is 23.7 Å². The normalized spacial score (nSPS) is 44.1. The highest BCUT2D eigenvalue weighted by molar-refractivity contribution is 5.91. The molecule has 0 saturated carbocycles. The van der Waals surface area contributed by atoms with Gasteiger partial charge in [-0.15, -0.1) is 0 Å². The van der Waals surface area contributed by atoms with E-state index < -0.39 is 79.2 Å². The molecule has 0 aliphatic carbocycles. The zero-order valence-electron chi connectivity index (χ0n) is 32.5. The number of hydrogen-bond acceptors (Lipinski definition) is 13. The van der Waals surface area contributed by atoms with E-state index in [-0.39, 0.29) is 42.8 Å². The molecule has 3 heterocycles. The lowest BCUT2D eigenvalue weighted by Gasteiger charge is -2.44. The van der Waals surface area contributed by atoms with Gasteiger partial charge in [0.2, 0.25) is 0 Å². The van der Waals surface area contributed by atoms with Crippen LogP contribution < -0.4 is 0 Å². The largest absolute Gasteiger partial charge is 0.462 e. The molecule has 2 saturated heterocycles. The predicted molar refractivity (Wildman–Crippen MR) is 189 cm³/mol. The number of carbonyl (C=O) groups is 2. The maximum atomic E-state index is 13.5. The Kier molecular flexibility index (Phi) is 17.2. The van der Waals surface area contributed by atoms with Crippen molar-refractivity contribution in [3.8, 4) is 0 Å². The van der Waals surface area contributed by atoms with E-state index in [1.54, 1.807) is 26.0 Å². The smallest absolute Gasteiger partial charge is 0.308 e. The van der Waals surface area contributed by atoms with Crippen LogP contribution in [0.1, 0.15) is 74.1 Å². The van der Waals surface area contributed by atoms with Gasteiger partial charge in [-0.2, -0.15) is 0 Å². The summed E-state index contributed by atoms with van der Waals surface area (Å²) >= 11 is 0. The molecule has 2 fully saturated rings. The quantitative estimate of drug-likeness (QED) is 0.298. The van der Waals surface area contributed by atoms with Crippen LogP contribution in [0.3, 0.4) is 0 Å². The number of allylic oxidation sites excluding steroid dienone is 3. The second-order valence-corrected chi connectivity index (χ2v) is 15.1. The van der Waals surface area contributed by atoms with E-state index in [1.807, 2.05) is 59.7 Å². The van der Waals surface area contributed by atoms with Crippen molar-refractivity contribution in [2.75, 3.05) is 34.9 Å². The number of aliphatic hydroxyl groups excluding tert-OH is 3. The van der Waals surface area contributed by atoms with Crippen LogP contribution in [0.25, 0.3) is 0 Å². The zero-order valence-corrected chi connectivity index (χ0v) is 32.5. The molecule has 0 aromatic rings. The summed E-state index contributed by atoms with van der Waals surface area (Å²) in [7, 11) is 6.78. The summed E-state index contributed by atoms with van der Waals surface area (Å²) in [6.07, 6.45) is -1.84. The minimum Gasteiger partial charge on any atom is -0.462 e. The average Bonchev–Trinajstić information content (AvgIpc) is 3.08. The van der Waals surface area contributed by atoms with E-state index >= 15 is 0 Å². The van der Waals surface area contributed by atoms with Crippen LogP contribution >= 0.6 is 0 Å². The molecular formula is C38H65NO12. The van der Waals surface area contributed by atoms with Crippen LogP contribution in [0, 0.1) is 23.7 Å². The van der Waals surface area contributed by atoms with Crippen molar-refractivity contribution in [3.63, 3.8) is 0 Å². The Bertz CT molecular complexity index is 1160. The Balaban J connectivity index is 1.90. The fourth-order valence-corrected chi connectivity index (χ4v) is 7.54. The summed E-state index contributed by atoms with van der Waals surface area (Å²) in [4.78, 5) is 28.8. The molecule has 16 atom stereocenters. The summed E-state index contributed by atoms with van der Waals surface area (Å²) in [5.41, 5.74) is 0.771. The lowest BCUT2D eigenvalue weighted by atomic mass is 9.82. The molecule has 3 aliphatic heterocycles. The molecule has 0 amide bonds. The van der Waals surface area contributed by atoms with Gasteiger partial charge in [0.15, 0.2) is 18.4 Å². The fraction of sp³-hybridized carbons (Fsp3) is 0.842. The van der Waals surface area contributed by atoms with Crippen molar-refractivity contribution in [3.05, 3.63) is 23.8 Å². The average molecular weight is 728 g/mol. The monoisotopic (exact) mass is 727 g/mol. The van der Waals surface area contributed by atoms with E-state index in [0.29, 0.717) is 19.3 Å². The molecule has 3 aliphatic rings. The van der Waals surface area contributed by atoms with Gasteiger partial charge in [0, 0.05) is 38.0 Å². The molecule has 294 valence electrons. The van der Waals surface area contributed by atoms with Gasteiger partial charge >= 0.3 is 5.97 Å². The minimum absolute atomic E-state index is 0.0631. The van der Waals surface area contributed by atoms with Crippen molar-refractivity contribution in [1.29, 1.82) is 0 Å². The first-order chi connectivity index (χ1) is 24.0. The molecule has 0 radical (unpaired) electrons. The summed E-state index contributed by atoms with van der Waals surface area (Å²) in [5, 5.41) is 33.3. The van der Waals surface area contributed by atoms with Crippen LogP contribution in [0.15, 0.2) is 23.8 Å². The predicted octanol–water partition coefficient (Wildman–Crippen LogP) is 3.02. The zero-order chi connectivity index (χ0) is 38.2. The van der Waals surface area contributed by atoms with Crippen molar-refractivity contribution < 1.29 is 58.1 Å². The Morgan fingerprint density at radius 1 is 0.882 bits per heavy atom. The van der Waals surface area contributed by atoms with Crippen LogP contribution in [-0.4, -0.2) is 140 Å². The van der Waals surface area contributed by atoms with Crippen LogP contribution in [0.2, 0.25) is 0 Å². The number of methoxy groups -OCH3 is 2. The van der Waals surface area contributed by atoms with E-state index in [0.717, 1.165) is 5.57 Å². The van der Waals surface area contributed by atoms with E-state index in [2.05, 4.69) is 0 Å². The van der Waals surface area contributed by atoms with Crippen molar-refractivity contribution in [2.45, 2.75) is 148 Å². The van der Waals surface area contributed by atoms with Gasteiger partial charge in [0.1, 0.15) is 30.5 Å². The number of ether oxygens (including phenoxy) is 7. The first-order valence-corrected chi connectivity index (χ1v) is 18.5. The Hall–Kier alpha value is -1.78. The number of cyclic esters (lactones) is 1. The first kappa shape index (κ1) is 43.6. The van der Waals surface area contributed by atoms with Gasteiger partial charge in [0.25, 0.3) is 0 Å². The molecule has 13 heteroatoms. The second-order valence-electron chi connectivity index (χ2n) is 15.1. The van der Waals surface area contributed by atoms with Gasteiger partial charge in [-0.3, -0.25) is 9.59 Å². The number of aliphatic hydroxyl groups is 3. The van der Waals surface area contributed by atoms with E-state index in [4.69, 9.17) is 33.2 Å². The molecular weight excluding hydrogens is 662 g/mol. The summed E-state index contributed by atoms with van der Waals surface area (Å²) in [5.74, 6) is -2.29. The number of ketones is 1. The third-order valence-corrected chi connectivity index (χ3v) is 10.7. The molecule has 16 unspecified atom stereocenters. The third kappa shape index (κ3) is 11.6. The van der Waals surface area contributed by atoms with E-state index in [1.165, 1.54) is 14.2 Å². The second kappa shape index (κ2) is 20.1. The highest BCUT2D eigenvalue weighted by Gasteiger charge is 2.46. The van der Waals surface area contributed by atoms with Gasteiger partial charge in [0.05, 0.1) is 37.4 Å². The molecule has 13 nitrogen and oxygen atoms in total. The topological polar surface area (TPSA) is 163 Å². The fourth-order valence-electron chi connectivity index (χ4n) is 7.54.